The lowest BCUT2D eigenvalue weighted by Crippen LogP contribution is -2.00. The molecule has 3 heterocycles. The quantitative estimate of drug-likeness (QED) is 0.194. The van der Waals surface area contributed by atoms with Crippen molar-refractivity contribution in [1.82, 2.24) is 15.0 Å². The van der Waals surface area contributed by atoms with Crippen LogP contribution in [0.2, 0.25) is 0 Å². The molecule has 10 aromatic rings. The molecule has 0 aliphatic carbocycles. The third-order valence-corrected chi connectivity index (χ3v) is 10.4. The Morgan fingerprint density at radius 3 is 1.83 bits per heavy atom. The van der Waals surface area contributed by atoms with Gasteiger partial charge < -0.3 is 4.42 Å². The molecule has 4 nitrogen and oxygen atoms in total. The van der Waals surface area contributed by atoms with Crippen molar-refractivity contribution in [2.75, 3.05) is 0 Å². The van der Waals surface area contributed by atoms with Crippen molar-refractivity contribution in [3.8, 4) is 45.3 Å². The smallest absolute Gasteiger partial charge is 0.165 e. The first-order valence-electron chi connectivity index (χ1n) is 15.9. The number of hydrogen-bond acceptors (Lipinski definition) is 5. The molecule has 0 unspecified atom stereocenters. The number of thiophene rings is 1. The summed E-state index contributed by atoms with van der Waals surface area (Å²) in [5, 5.41) is 6.71. The van der Waals surface area contributed by atoms with Gasteiger partial charge in [-0.1, -0.05) is 127 Å². The minimum absolute atomic E-state index is 0.611. The highest BCUT2D eigenvalue weighted by Crippen LogP contribution is 2.44. The molecule has 48 heavy (non-hydrogen) atoms. The maximum absolute atomic E-state index is 6.67. The van der Waals surface area contributed by atoms with Crippen molar-refractivity contribution in [2.45, 2.75) is 0 Å². The van der Waals surface area contributed by atoms with E-state index in [2.05, 4.69) is 121 Å². The molecule has 0 spiro atoms. The average molecular weight is 632 g/mol. The number of benzene rings is 7. The molecule has 10 rings (SSSR count). The molecule has 0 amide bonds. The topological polar surface area (TPSA) is 51.8 Å². The van der Waals surface area contributed by atoms with Crippen LogP contribution < -0.4 is 0 Å². The van der Waals surface area contributed by atoms with Crippen LogP contribution in [0.25, 0.3) is 98.2 Å². The molecule has 0 saturated heterocycles. The Bertz CT molecular complexity index is 2840. The lowest BCUT2D eigenvalue weighted by molar-refractivity contribution is 0.673. The Morgan fingerprint density at radius 1 is 0.417 bits per heavy atom. The van der Waals surface area contributed by atoms with Gasteiger partial charge in [-0.15, -0.1) is 11.3 Å². The Morgan fingerprint density at radius 2 is 1.02 bits per heavy atom. The van der Waals surface area contributed by atoms with E-state index in [1.807, 2.05) is 30.3 Å². The van der Waals surface area contributed by atoms with Crippen LogP contribution in [0.4, 0.5) is 0 Å². The summed E-state index contributed by atoms with van der Waals surface area (Å²) in [4.78, 5) is 15.5. The van der Waals surface area contributed by atoms with Crippen LogP contribution in [0, 0.1) is 0 Å². The van der Waals surface area contributed by atoms with Crippen molar-refractivity contribution >= 4 is 64.2 Å². The molecule has 0 aliphatic rings. The zero-order valence-electron chi connectivity index (χ0n) is 25.6. The van der Waals surface area contributed by atoms with Gasteiger partial charge >= 0.3 is 0 Å². The van der Waals surface area contributed by atoms with Crippen LogP contribution in [0.15, 0.2) is 156 Å². The molecule has 0 N–H and O–H groups in total. The van der Waals surface area contributed by atoms with E-state index in [9.17, 15) is 0 Å². The van der Waals surface area contributed by atoms with Gasteiger partial charge in [0.1, 0.15) is 11.2 Å². The molecule has 224 valence electrons. The third kappa shape index (κ3) is 4.18. The number of nitrogens with zero attached hydrogens (tertiary/aromatic N) is 3. The van der Waals surface area contributed by atoms with E-state index < -0.39 is 0 Å². The first kappa shape index (κ1) is 27.0. The van der Waals surface area contributed by atoms with Crippen LogP contribution in [0.3, 0.4) is 0 Å². The van der Waals surface area contributed by atoms with Crippen LogP contribution in [0.5, 0.6) is 0 Å². The molecule has 5 heteroatoms. The van der Waals surface area contributed by atoms with E-state index in [1.54, 1.807) is 11.3 Å². The molecule has 0 fully saturated rings. The van der Waals surface area contributed by atoms with Crippen molar-refractivity contribution in [3.05, 3.63) is 152 Å². The van der Waals surface area contributed by atoms with Gasteiger partial charge in [0, 0.05) is 53.0 Å². The van der Waals surface area contributed by atoms with Gasteiger partial charge in [0.15, 0.2) is 17.5 Å². The van der Waals surface area contributed by atoms with Crippen LogP contribution >= 0.6 is 11.3 Å². The number of aromatic nitrogens is 3. The summed E-state index contributed by atoms with van der Waals surface area (Å²) in [5.41, 5.74) is 6.82. The molecule has 0 aliphatic heterocycles. The Labute approximate surface area is 279 Å². The SMILES string of the molecule is c1ccc(-c2nc(-c3cccc4c3sc3ccccc34)nc(-c3cccc4oc5c6ccccc6c(-c6ccccc6)cc5c34)n2)cc1. The van der Waals surface area contributed by atoms with Crippen molar-refractivity contribution < 1.29 is 4.42 Å². The first-order valence-corrected chi connectivity index (χ1v) is 16.8. The second-order valence-electron chi connectivity index (χ2n) is 11.9. The fourth-order valence-electron chi connectivity index (χ4n) is 6.95. The van der Waals surface area contributed by atoms with E-state index in [4.69, 9.17) is 19.4 Å². The summed E-state index contributed by atoms with van der Waals surface area (Å²) in [6.07, 6.45) is 0. The molecule has 0 saturated carbocycles. The first-order chi connectivity index (χ1) is 23.8. The predicted octanol–water partition coefficient (Wildman–Crippen LogP) is 12.0. The van der Waals surface area contributed by atoms with Crippen LogP contribution in [-0.2, 0) is 0 Å². The lowest BCUT2D eigenvalue weighted by atomic mass is 9.94. The zero-order chi connectivity index (χ0) is 31.6. The average Bonchev–Trinajstić information content (AvgIpc) is 3.74. The van der Waals surface area contributed by atoms with Gasteiger partial charge in [-0.2, -0.15) is 0 Å². The molecular weight excluding hydrogens is 607 g/mol. The standard InChI is InChI=1S/C43H25N3OS/c1-3-13-26(14-4-1)34-25-35-38-32(21-12-23-36(38)47-39(35)30-19-8-7-17-28(30)34)42-44-41(27-15-5-2-6-16-27)45-43(46-42)33-22-11-20-31-29-18-9-10-24-37(29)48-40(31)33/h1-25H. The van der Waals surface area contributed by atoms with E-state index in [-0.39, 0.29) is 0 Å². The highest BCUT2D eigenvalue weighted by atomic mass is 32.1. The summed E-state index contributed by atoms with van der Waals surface area (Å²) in [7, 11) is 0. The second kappa shape index (κ2) is 10.7. The van der Waals surface area contributed by atoms with E-state index in [1.165, 1.54) is 20.2 Å². The minimum Gasteiger partial charge on any atom is -0.455 e. The van der Waals surface area contributed by atoms with Gasteiger partial charge in [-0.3, -0.25) is 0 Å². The van der Waals surface area contributed by atoms with Crippen LogP contribution in [0.1, 0.15) is 0 Å². The summed E-state index contributed by atoms with van der Waals surface area (Å²) in [6, 6.07) is 52.6. The molecule has 0 radical (unpaired) electrons. The third-order valence-electron chi connectivity index (χ3n) is 9.14. The number of fused-ring (bicyclic) bond motifs is 8. The van der Waals surface area contributed by atoms with Gasteiger partial charge in [0.25, 0.3) is 0 Å². The van der Waals surface area contributed by atoms with Crippen molar-refractivity contribution in [2.24, 2.45) is 0 Å². The van der Waals surface area contributed by atoms with E-state index in [0.29, 0.717) is 17.5 Å². The van der Waals surface area contributed by atoms with Crippen molar-refractivity contribution in [1.29, 1.82) is 0 Å². The Hall–Kier alpha value is -6.17. The predicted molar refractivity (Wildman–Crippen MR) is 199 cm³/mol. The van der Waals surface area contributed by atoms with Gasteiger partial charge in [0.2, 0.25) is 0 Å². The summed E-state index contributed by atoms with van der Waals surface area (Å²) in [6.45, 7) is 0. The second-order valence-corrected chi connectivity index (χ2v) is 13.0. The Balaban J connectivity index is 1.28. The molecule has 0 atom stereocenters. The highest BCUT2D eigenvalue weighted by Gasteiger charge is 2.21. The largest absolute Gasteiger partial charge is 0.455 e. The van der Waals surface area contributed by atoms with Crippen molar-refractivity contribution in [3.63, 3.8) is 0 Å². The Kier molecular flexibility index (Phi) is 6.01. The normalized spacial score (nSPS) is 11.8. The zero-order valence-corrected chi connectivity index (χ0v) is 26.4. The molecule has 7 aromatic carbocycles. The van der Waals surface area contributed by atoms with Gasteiger partial charge in [-0.25, -0.2) is 15.0 Å². The maximum atomic E-state index is 6.67. The van der Waals surface area contributed by atoms with E-state index >= 15 is 0 Å². The number of furan rings is 1. The van der Waals surface area contributed by atoms with Crippen LogP contribution in [-0.4, -0.2) is 15.0 Å². The summed E-state index contributed by atoms with van der Waals surface area (Å²) in [5.74, 6) is 1.89. The lowest BCUT2D eigenvalue weighted by Gasteiger charge is -2.10. The molecule has 0 bridgehead atoms. The summed E-state index contributed by atoms with van der Waals surface area (Å²) >= 11 is 1.78. The monoisotopic (exact) mass is 631 g/mol. The molecule has 3 aromatic heterocycles. The number of hydrogen-bond donors (Lipinski definition) is 0. The maximum Gasteiger partial charge on any atom is 0.165 e. The van der Waals surface area contributed by atoms with Gasteiger partial charge in [0.05, 0.1) is 0 Å². The summed E-state index contributed by atoms with van der Waals surface area (Å²) < 4.78 is 9.08. The fraction of sp³-hybridized carbons (Fsp3) is 0. The van der Waals surface area contributed by atoms with E-state index in [0.717, 1.165) is 60.5 Å². The fourth-order valence-corrected chi connectivity index (χ4v) is 8.16. The van der Waals surface area contributed by atoms with Gasteiger partial charge in [-0.05, 0) is 40.8 Å². The highest BCUT2D eigenvalue weighted by molar-refractivity contribution is 7.26. The molecular formula is C43H25N3OS. The number of rotatable bonds is 4. The minimum atomic E-state index is 0.611.